The molecule has 0 saturated carbocycles. The van der Waals surface area contributed by atoms with Gasteiger partial charge in [-0.3, -0.25) is 14.7 Å². The highest BCUT2D eigenvalue weighted by Gasteiger charge is 2.27. The maximum absolute atomic E-state index is 11.8. The van der Waals surface area contributed by atoms with Crippen molar-refractivity contribution in [3.05, 3.63) is 30.1 Å². The summed E-state index contributed by atoms with van der Waals surface area (Å²) in [5.74, 6) is 0.290. The molecule has 0 aliphatic carbocycles. The van der Waals surface area contributed by atoms with Crippen molar-refractivity contribution in [3.8, 4) is 0 Å². The van der Waals surface area contributed by atoms with Crippen LogP contribution >= 0.6 is 0 Å². The summed E-state index contributed by atoms with van der Waals surface area (Å²) in [6.07, 6.45) is 2.88. The summed E-state index contributed by atoms with van der Waals surface area (Å²) in [7, 11) is 0. The van der Waals surface area contributed by atoms with Gasteiger partial charge in [0.2, 0.25) is 0 Å². The van der Waals surface area contributed by atoms with Crippen molar-refractivity contribution in [2.45, 2.75) is 38.7 Å². The molecule has 1 aromatic rings. The highest BCUT2D eigenvalue weighted by Crippen LogP contribution is 2.25. The van der Waals surface area contributed by atoms with Crippen LogP contribution in [0.2, 0.25) is 0 Å². The molecule has 0 aromatic carbocycles. The second-order valence-electron chi connectivity index (χ2n) is 6.06. The lowest BCUT2D eigenvalue weighted by atomic mass is 10.0. The number of esters is 1. The second-order valence-corrected chi connectivity index (χ2v) is 6.06. The number of ether oxygens (including phenoxy) is 1. The predicted octanol–water partition coefficient (Wildman–Crippen LogP) is 2.21. The van der Waals surface area contributed by atoms with Gasteiger partial charge >= 0.3 is 5.97 Å². The number of carbonyl (C=O) groups is 1. The van der Waals surface area contributed by atoms with Crippen LogP contribution < -0.4 is 0 Å². The van der Waals surface area contributed by atoms with Gasteiger partial charge in [-0.05, 0) is 45.9 Å². The van der Waals surface area contributed by atoms with E-state index in [9.17, 15) is 4.79 Å². The monoisotopic (exact) mass is 262 g/mol. The van der Waals surface area contributed by atoms with E-state index in [1.165, 1.54) is 0 Å². The maximum atomic E-state index is 11.8. The number of likely N-dealkylation sites (tertiary alicyclic amines) is 1. The van der Waals surface area contributed by atoms with E-state index in [1.807, 2.05) is 39.1 Å². The number of hydrogen-bond acceptors (Lipinski definition) is 4. The molecule has 0 N–H and O–H groups in total. The number of carbonyl (C=O) groups excluding carboxylic acids is 1. The molecular formula is C15H22N2O2. The Labute approximate surface area is 114 Å². The van der Waals surface area contributed by atoms with Crippen LogP contribution in [0, 0.1) is 0 Å². The maximum Gasteiger partial charge on any atom is 0.320 e. The minimum atomic E-state index is -0.406. The van der Waals surface area contributed by atoms with Crippen LogP contribution in [0.3, 0.4) is 0 Å². The molecule has 0 bridgehead atoms. The summed E-state index contributed by atoms with van der Waals surface area (Å²) < 4.78 is 5.34. The zero-order valence-electron chi connectivity index (χ0n) is 11.9. The largest absolute Gasteiger partial charge is 0.459 e. The Morgan fingerprint density at radius 3 is 2.89 bits per heavy atom. The third kappa shape index (κ3) is 4.31. The van der Waals surface area contributed by atoms with E-state index < -0.39 is 5.60 Å². The van der Waals surface area contributed by atoms with Crippen molar-refractivity contribution in [3.63, 3.8) is 0 Å². The van der Waals surface area contributed by atoms with Crippen molar-refractivity contribution >= 4 is 5.97 Å². The zero-order valence-corrected chi connectivity index (χ0v) is 11.9. The quantitative estimate of drug-likeness (QED) is 0.783. The summed E-state index contributed by atoms with van der Waals surface area (Å²) in [5.41, 5.74) is 0.714. The highest BCUT2D eigenvalue weighted by molar-refractivity contribution is 5.72. The fraction of sp³-hybridized carbons (Fsp3) is 0.600. The molecule has 1 aliphatic heterocycles. The van der Waals surface area contributed by atoms with E-state index in [-0.39, 0.29) is 5.97 Å². The van der Waals surface area contributed by atoms with Gasteiger partial charge in [0.1, 0.15) is 5.60 Å². The smallest absolute Gasteiger partial charge is 0.320 e. The van der Waals surface area contributed by atoms with Crippen molar-refractivity contribution in [2.75, 3.05) is 19.6 Å². The second kappa shape index (κ2) is 5.70. The minimum Gasteiger partial charge on any atom is -0.459 e. The minimum absolute atomic E-state index is 0.144. The van der Waals surface area contributed by atoms with Crippen molar-refractivity contribution in [1.29, 1.82) is 0 Å². The molecule has 4 nitrogen and oxygen atoms in total. The first-order chi connectivity index (χ1) is 8.94. The van der Waals surface area contributed by atoms with Crippen LogP contribution in [0.4, 0.5) is 0 Å². The third-order valence-electron chi connectivity index (χ3n) is 3.15. The van der Waals surface area contributed by atoms with E-state index in [0.29, 0.717) is 12.5 Å². The first-order valence-electron chi connectivity index (χ1n) is 6.79. The SMILES string of the molecule is CC(C)(C)OC(=O)CN1CC[C@@H](c2ccccn2)C1. The fourth-order valence-corrected chi connectivity index (χ4v) is 2.39. The Morgan fingerprint density at radius 1 is 1.47 bits per heavy atom. The summed E-state index contributed by atoms with van der Waals surface area (Å²) in [5, 5.41) is 0. The summed E-state index contributed by atoms with van der Waals surface area (Å²) in [4.78, 5) is 18.3. The zero-order chi connectivity index (χ0) is 13.9. The molecule has 0 unspecified atom stereocenters. The van der Waals surface area contributed by atoms with Crippen LogP contribution in [0.1, 0.15) is 38.8 Å². The van der Waals surface area contributed by atoms with E-state index in [4.69, 9.17) is 4.74 Å². The first-order valence-corrected chi connectivity index (χ1v) is 6.79. The highest BCUT2D eigenvalue weighted by atomic mass is 16.6. The van der Waals surface area contributed by atoms with E-state index >= 15 is 0 Å². The summed E-state index contributed by atoms with van der Waals surface area (Å²) >= 11 is 0. The molecule has 0 radical (unpaired) electrons. The molecule has 4 heteroatoms. The van der Waals surface area contributed by atoms with Crippen LogP contribution in [0.25, 0.3) is 0 Å². The summed E-state index contributed by atoms with van der Waals surface area (Å²) in [6, 6.07) is 6.00. The topological polar surface area (TPSA) is 42.4 Å². The number of rotatable bonds is 3. The first kappa shape index (κ1) is 14.0. The average Bonchev–Trinajstić information content (AvgIpc) is 2.76. The van der Waals surface area contributed by atoms with Gasteiger partial charge in [0.15, 0.2) is 0 Å². The third-order valence-corrected chi connectivity index (χ3v) is 3.15. The lowest BCUT2D eigenvalue weighted by Crippen LogP contribution is -2.33. The van der Waals surface area contributed by atoms with Gasteiger partial charge < -0.3 is 4.74 Å². The molecule has 19 heavy (non-hydrogen) atoms. The summed E-state index contributed by atoms with van der Waals surface area (Å²) in [6.45, 7) is 7.88. The van der Waals surface area contributed by atoms with Gasteiger partial charge in [-0.1, -0.05) is 6.07 Å². The number of aromatic nitrogens is 1. The molecule has 1 aromatic heterocycles. The predicted molar refractivity (Wildman–Crippen MR) is 73.9 cm³/mol. The van der Waals surface area contributed by atoms with Crippen molar-refractivity contribution < 1.29 is 9.53 Å². The van der Waals surface area contributed by atoms with Gasteiger partial charge in [0.25, 0.3) is 0 Å². The van der Waals surface area contributed by atoms with Gasteiger partial charge in [0, 0.05) is 24.4 Å². The van der Waals surface area contributed by atoms with E-state index in [0.717, 1.165) is 25.2 Å². The molecule has 1 atom stereocenters. The van der Waals surface area contributed by atoms with Crippen LogP contribution in [-0.4, -0.2) is 41.1 Å². The lowest BCUT2D eigenvalue weighted by Gasteiger charge is -2.22. The Hall–Kier alpha value is -1.42. The Balaban J connectivity index is 1.84. The molecular weight excluding hydrogens is 240 g/mol. The normalized spacial score (nSPS) is 20.5. The molecule has 1 aliphatic rings. The average molecular weight is 262 g/mol. The Bertz CT molecular complexity index is 426. The molecule has 2 rings (SSSR count). The lowest BCUT2D eigenvalue weighted by molar-refractivity contribution is -0.155. The van der Waals surface area contributed by atoms with Crippen LogP contribution in [-0.2, 0) is 9.53 Å². The van der Waals surface area contributed by atoms with Gasteiger partial charge in [-0.15, -0.1) is 0 Å². The Morgan fingerprint density at radius 2 is 2.26 bits per heavy atom. The molecule has 1 fully saturated rings. The van der Waals surface area contributed by atoms with Crippen molar-refractivity contribution in [2.24, 2.45) is 0 Å². The molecule has 104 valence electrons. The van der Waals surface area contributed by atoms with Gasteiger partial charge in [0.05, 0.1) is 6.54 Å². The Kier molecular flexibility index (Phi) is 4.20. The van der Waals surface area contributed by atoms with Crippen LogP contribution in [0.15, 0.2) is 24.4 Å². The fourth-order valence-electron chi connectivity index (χ4n) is 2.39. The number of pyridine rings is 1. The molecule has 2 heterocycles. The standard InChI is InChI=1S/C15H22N2O2/c1-15(2,3)19-14(18)11-17-9-7-12(10-17)13-6-4-5-8-16-13/h4-6,8,12H,7,9-11H2,1-3H3/t12-/m1/s1. The number of hydrogen-bond donors (Lipinski definition) is 0. The number of nitrogens with zero attached hydrogens (tertiary/aromatic N) is 2. The molecule has 1 saturated heterocycles. The van der Waals surface area contributed by atoms with Crippen LogP contribution in [0.5, 0.6) is 0 Å². The van der Waals surface area contributed by atoms with Gasteiger partial charge in [-0.25, -0.2) is 0 Å². The van der Waals surface area contributed by atoms with Crippen molar-refractivity contribution in [1.82, 2.24) is 9.88 Å². The molecule has 0 spiro atoms. The molecule has 0 amide bonds. The van der Waals surface area contributed by atoms with E-state index in [2.05, 4.69) is 16.0 Å². The van der Waals surface area contributed by atoms with E-state index in [1.54, 1.807) is 0 Å². The van der Waals surface area contributed by atoms with Gasteiger partial charge in [-0.2, -0.15) is 0 Å².